The van der Waals surface area contributed by atoms with Crippen molar-refractivity contribution in [3.63, 3.8) is 0 Å². The average Bonchev–Trinajstić information content (AvgIpc) is 2.93. The molecule has 1 atom stereocenters. The van der Waals surface area contributed by atoms with Crippen LogP contribution in [0.15, 0.2) is 36.7 Å². The van der Waals surface area contributed by atoms with Crippen LogP contribution in [0.2, 0.25) is 0 Å². The van der Waals surface area contributed by atoms with E-state index < -0.39 is 17.7 Å². The second-order valence-corrected chi connectivity index (χ2v) is 5.13. The molecule has 1 heterocycles. The zero-order valence-corrected chi connectivity index (χ0v) is 13.0. The van der Waals surface area contributed by atoms with Crippen LogP contribution < -0.4 is 5.32 Å². The molecule has 1 N–H and O–H groups in total. The summed E-state index contributed by atoms with van der Waals surface area (Å²) >= 11 is 0. The van der Waals surface area contributed by atoms with E-state index in [0.29, 0.717) is 5.56 Å². The van der Waals surface area contributed by atoms with E-state index >= 15 is 0 Å². The number of amides is 1. The SMILES string of the molecule is COC(=O)[C@@H](CNC(=O)Cc1cnn(C)c1)c1ccc(F)cc1. The average molecular weight is 319 g/mol. The maximum absolute atomic E-state index is 13.0. The summed E-state index contributed by atoms with van der Waals surface area (Å²) in [5, 5.41) is 6.69. The highest BCUT2D eigenvalue weighted by molar-refractivity contribution is 5.81. The molecule has 6 nitrogen and oxygen atoms in total. The molecule has 0 aliphatic heterocycles. The number of carbonyl (C=O) groups excluding carboxylic acids is 2. The van der Waals surface area contributed by atoms with Crippen molar-refractivity contribution in [3.8, 4) is 0 Å². The number of benzene rings is 1. The van der Waals surface area contributed by atoms with Crippen LogP contribution in [0.3, 0.4) is 0 Å². The summed E-state index contributed by atoms with van der Waals surface area (Å²) in [4.78, 5) is 23.9. The molecule has 23 heavy (non-hydrogen) atoms. The van der Waals surface area contributed by atoms with Gasteiger partial charge in [0.1, 0.15) is 5.82 Å². The Bertz CT molecular complexity index is 682. The summed E-state index contributed by atoms with van der Waals surface area (Å²) < 4.78 is 19.4. The Morgan fingerprint density at radius 2 is 2.04 bits per heavy atom. The highest BCUT2D eigenvalue weighted by Gasteiger charge is 2.22. The number of nitrogens with one attached hydrogen (secondary N) is 1. The molecule has 1 amide bonds. The first-order chi connectivity index (χ1) is 11.0. The van der Waals surface area contributed by atoms with Gasteiger partial charge in [0.25, 0.3) is 0 Å². The number of aryl methyl sites for hydroxylation is 1. The van der Waals surface area contributed by atoms with Gasteiger partial charge in [-0.25, -0.2) is 4.39 Å². The van der Waals surface area contributed by atoms with E-state index in [1.165, 1.54) is 31.4 Å². The van der Waals surface area contributed by atoms with Crippen LogP contribution in [0.25, 0.3) is 0 Å². The van der Waals surface area contributed by atoms with Gasteiger partial charge in [-0.15, -0.1) is 0 Å². The molecule has 2 aromatic rings. The van der Waals surface area contributed by atoms with Crippen LogP contribution in [0.1, 0.15) is 17.0 Å². The number of hydrogen-bond acceptors (Lipinski definition) is 4. The van der Waals surface area contributed by atoms with Crippen LogP contribution >= 0.6 is 0 Å². The lowest BCUT2D eigenvalue weighted by Gasteiger charge is -2.15. The molecule has 0 fully saturated rings. The number of esters is 1. The van der Waals surface area contributed by atoms with Crippen molar-refractivity contribution < 1.29 is 18.7 Å². The van der Waals surface area contributed by atoms with Crippen molar-refractivity contribution in [2.24, 2.45) is 7.05 Å². The monoisotopic (exact) mass is 319 g/mol. The molecular formula is C16H18FN3O3. The van der Waals surface area contributed by atoms with E-state index in [1.54, 1.807) is 24.1 Å². The highest BCUT2D eigenvalue weighted by Crippen LogP contribution is 2.17. The van der Waals surface area contributed by atoms with E-state index in [2.05, 4.69) is 10.4 Å². The maximum Gasteiger partial charge on any atom is 0.314 e. The Labute approximate surface area is 133 Å². The van der Waals surface area contributed by atoms with Gasteiger partial charge in [0.05, 0.1) is 25.6 Å². The van der Waals surface area contributed by atoms with Gasteiger partial charge in [0.15, 0.2) is 0 Å². The Morgan fingerprint density at radius 1 is 1.35 bits per heavy atom. The number of hydrogen-bond donors (Lipinski definition) is 1. The number of halogens is 1. The molecule has 2 rings (SSSR count). The zero-order valence-electron chi connectivity index (χ0n) is 13.0. The van der Waals surface area contributed by atoms with E-state index in [9.17, 15) is 14.0 Å². The number of carbonyl (C=O) groups is 2. The van der Waals surface area contributed by atoms with Crippen molar-refractivity contribution >= 4 is 11.9 Å². The fraction of sp³-hybridized carbons (Fsp3) is 0.312. The summed E-state index contributed by atoms with van der Waals surface area (Å²) in [7, 11) is 3.04. The summed E-state index contributed by atoms with van der Waals surface area (Å²) in [5.74, 6) is -1.79. The van der Waals surface area contributed by atoms with Gasteiger partial charge in [-0.1, -0.05) is 12.1 Å². The van der Waals surface area contributed by atoms with Crippen molar-refractivity contribution in [2.75, 3.05) is 13.7 Å². The summed E-state index contributed by atoms with van der Waals surface area (Å²) in [6, 6.07) is 5.54. The Balaban J connectivity index is 1.99. The van der Waals surface area contributed by atoms with Crippen LogP contribution in [0, 0.1) is 5.82 Å². The van der Waals surface area contributed by atoms with Crippen molar-refractivity contribution in [1.29, 1.82) is 0 Å². The quantitative estimate of drug-likeness (QED) is 0.811. The van der Waals surface area contributed by atoms with Gasteiger partial charge >= 0.3 is 5.97 Å². The van der Waals surface area contributed by atoms with Crippen molar-refractivity contribution in [3.05, 3.63) is 53.6 Å². The normalized spacial score (nSPS) is 11.8. The predicted octanol–water partition coefficient (Wildman–Crippen LogP) is 1.17. The summed E-state index contributed by atoms with van der Waals surface area (Å²) in [6.45, 7) is 0.0808. The van der Waals surface area contributed by atoms with Crippen LogP contribution in [0.5, 0.6) is 0 Å². The number of aromatic nitrogens is 2. The van der Waals surface area contributed by atoms with Gasteiger partial charge < -0.3 is 10.1 Å². The highest BCUT2D eigenvalue weighted by atomic mass is 19.1. The van der Waals surface area contributed by atoms with Gasteiger partial charge in [-0.3, -0.25) is 14.3 Å². The molecule has 0 saturated carbocycles. The van der Waals surface area contributed by atoms with Gasteiger partial charge in [-0.05, 0) is 23.3 Å². The Kier molecular flexibility index (Phi) is 5.46. The molecule has 0 aliphatic carbocycles. The van der Waals surface area contributed by atoms with Crippen molar-refractivity contribution in [2.45, 2.75) is 12.3 Å². The number of nitrogens with zero attached hydrogens (tertiary/aromatic N) is 2. The third-order valence-corrected chi connectivity index (χ3v) is 3.38. The molecule has 122 valence electrons. The first kappa shape index (κ1) is 16.7. The molecule has 1 aromatic carbocycles. The van der Waals surface area contributed by atoms with E-state index in [4.69, 9.17) is 4.74 Å². The lowest BCUT2D eigenvalue weighted by atomic mass is 9.99. The molecule has 1 aromatic heterocycles. The minimum absolute atomic E-state index is 0.0808. The molecule has 0 spiro atoms. The largest absolute Gasteiger partial charge is 0.468 e. The minimum atomic E-state index is -0.682. The maximum atomic E-state index is 13.0. The Hall–Kier alpha value is -2.70. The smallest absolute Gasteiger partial charge is 0.314 e. The minimum Gasteiger partial charge on any atom is -0.468 e. The zero-order chi connectivity index (χ0) is 16.8. The van der Waals surface area contributed by atoms with Crippen LogP contribution in [0.4, 0.5) is 4.39 Å². The van der Waals surface area contributed by atoms with Crippen molar-refractivity contribution in [1.82, 2.24) is 15.1 Å². The lowest BCUT2D eigenvalue weighted by molar-refractivity contribution is -0.142. The third-order valence-electron chi connectivity index (χ3n) is 3.38. The summed E-state index contributed by atoms with van der Waals surface area (Å²) in [5.41, 5.74) is 1.36. The molecule has 0 aliphatic rings. The van der Waals surface area contributed by atoms with E-state index in [1.807, 2.05) is 0 Å². The molecule has 0 radical (unpaired) electrons. The lowest BCUT2D eigenvalue weighted by Crippen LogP contribution is -2.33. The topological polar surface area (TPSA) is 73.2 Å². The van der Waals surface area contributed by atoms with Crippen LogP contribution in [-0.4, -0.2) is 35.3 Å². The second kappa shape index (κ2) is 7.53. The fourth-order valence-corrected chi connectivity index (χ4v) is 2.20. The predicted molar refractivity (Wildman–Crippen MR) is 81.1 cm³/mol. The molecular weight excluding hydrogens is 301 g/mol. The molecule has 0 saturated heterocycles. The fourth-order valence-electron chi connectivity index (χ4n) is 2.20. The Morgan fingerprint density at radius 3 is 2.61 bits per heavy atom. The molecule has 0 unspecified atom stereocenters. The van der Waals surface area contributed by atoms with Gasteiger partial charge in [-0.2, -0.15) is 5.10 Å². The van der Waals surface area contributed by atoms with E-state index in [0.717, 1.165) is 5.56 Å². The number of methoxy groups -OCH3 is 1. The number of rotatable bonds is 6. The first-order valence-corrected chi connectivity index (χ1v) is 7.07. The molecule has 7 heteroatoms. The standard InChI is InChI=1S/C16H18FN3O3/c1-20-10-11(8-19-20)7-15(21)18-9-14(16(22)23-2)12-3-5-13(17)6-4-12/h3-6,8,10,14H,7,9H2,1-2H3,(H,18,21)/t14-/m0/s1. The van der Waals surface area contributed by atoms with Gasteiger partial charge in [0.2, 0.25) is 5.91 Å². The third kappa shape index (κ3) is 4.64. The first-order valence-electron chi connectivity index (χ1n) is 7.07. The molecule has 0 bridgehead atoms. The summed E-state index contributed by atoms with van der Waals surface area (Å²) in [6.07, 6.45) is 3.53. The number of ether oxygens (including phenoxy) is 1. The van der Waals surface area contributed by atoms with Crippen LogP contribution in [-0.2, 0) is 27.8 Å². The van der Waals surface area contributed by atoms with Gasteiger partial charge in [0, 0.05) is 19.8 Å². The second-order valence-electron chi connectivity index (χ2n) is 5.13. The van der Waals surface area contributed by atoms with E-state index in [-0.39, 0.29) is 18.9 Å².